The Morgan fingerprint density at radius 2 is 1.59 bits per heavy atom. The van der Waals surface area contributed by atoms with Crippen LogP contribution in [0.2, 0.25) is 0 Å². The topological polar surface area (TPSA) is 6.48 Å². The third-order valence-corrected chi connectivity index (χ3v) is 4.34. The van der Waals surface area contributed by atoms with Gasteiger partial charge < -0.3 is 9.80 Å². The lowest BCUT2D eigenvalue weighted by atomic mass is 9.96. The molecule has 1 unspecified atom stereocenters. The quantitative estimate of drug-likeness (QED) is 0.778. The van der Waals surface area contributed by atoms with E-state index in [2.05, 4.69) is 29.4 Å². The van der Waals surface area contributed by atoms with Gasteiger partial charge in [-0.3, -0.25) is 0 Å². The summed E-state index contributed by atoms with van der Waals surface area (Å²) in [5.41, 5.74) is 0. The third kappa shape index (κ3) is 5.19. The summed E-state index contributed by atoms with van der Waals surface area (Å²) < 4.78 is 0. The van der Waals surface area contributed by atoms with Crippen molar-refractivity contribution in [2.24, 2.45) is 5.92 Å². The van der Waals surface area contributed by atoms with Crippen molar-refractivity contribution in [2.75, 3.05) is 39.3 Å². The second kappa shape index (κ2) is 8.39. The first-order valence-corrected chi connectivity index (χ1v) is 7.92. The van der Waals surface area contributed by atoms with E-state index in [-0.39, 0.29) is 0 Å². The van der Waals surface area contributed by atoms with Gasteiger partial charge in [0.2, 0.25) is 0 Å². The second-order valence-corrected chi connectivity index (χ2v) is 5.81. The Balaban J connectivity index is 0.000000686. The fraction of sp³-hybridized carbons (Fsp3) is 1.00. The molecular formula is C14H30N2S. The van der Waals surface area contributed by atoms with Crippen LogP contribution in [0.1, 0.15) is 40.0 Å². The molecule has 0 aromatic rings. The predicted octanol–water partition coefficient (Wildman–Crippen LogP) is 2.75. The molecule has 0 bridgehead atoms. The zero-order valence-electron chi connectivity index (χ0n) is 11.9. The Kier molecular flexibility index (Phi) is 7.56. The van der Waals surface area contributed by atoms with Crippen LogP contribution in [0, 0.1) is 5.92 Å². The molecule has 102 valence electrons. The molecule has 0 amide bonds. The molecule has 0 radical (unpaired) electrons. The molecule has 0 aromatic heterocycles. The van der Waals surface area contributed by atoms with Gasteiger partial charge in [0.15, 0.2) is 0 Å². The molecule has 2 rings (SSSR count). The van der Waals surface area contributed by atoms with Gasteiger partial charge in [0, 0.05) is 18.3 Å². The third-order valence-electron chi connectivity index (χ3n) is 3.92. The van der Waals surface area contributed by atoms with Gasteiger partial charge in [0.05, 0.1) is 0 Å². The Morgan fingerprint density at radius 3 is 2.06 bits per heavy atom. The highest BCUT2D eigenvalue weighted by Gasteiger charge is 2.24. The van der Waals surface area contributed by atoms with E-state index in [4.69, 9.17) is 0 Å². The summed E-state index contributed by atoms with van der Waals surface area (Å²) in [6, 6.07) is 0. The monoisotopic (exact) mass is 258 g/mol. The molecule has 17 heavy (non-hydrogen) atoms. The maximum absolute atomic E-state index is 4.55. The number of hydrogen-bond donors (Lipinski definition) is 1. The lowest BCUT2D eigenvalue weighted by Crippen LogP contribution is -2.38. The normalized spacial score (nSPS) is 27.9. The Labute approximate surface area is 113 Å². The lowest BCUT2D eigenvalue weighted by molar-refractivity contribution is 0.159. The van der Waals surface area contributed by atoms with Crippen molar-refractivity contribution in [3.63, 3.8) is 0 Å². The van der Waals surface area contributed by atoms with Gasteiger partial charge in [-0.15, -0.1) is 0 Å². The molecule has 2 aliphatic heterocycles. The van der Waals surface area contributed by atoms with Gasteiger partial charge >= 0.3 is 0 Å². The molecule has 3 heteroatoms. The van der Waals surface area contributed by atoms with E-state index < -0.39 is 0 Å². The van der Waals surface area contributed by atoms with E-state index in [9.17, 15) is 0 Å². The van der Waals surface area contributed by atoms with Crippen molar-refractivity contribution < 1.29 is 0 Å². The van der Waals surface area contributed by atoms with E-state index in [1.807, 2.05) is 13.8 Å². The maximum Gasteiger partial charge on any atom is 0.0156 e. The summed E-state index contributed by atoms with van der Waals surface area (Å²) in [7, 11) is 0. The first-order valence-electron chi connectivity index (χ1n) is 7.40. The van der Waals surface area contributed by atoms with E-state index in [1.54, 1.807) is 0 Å². The van der Waals surface area contributed by atoms with Crippen molar-refractivity contribution in [3.05, 3.63) is 0 Å². The summed E-state index contributed by atoms with van der Waals surface area (Å²) in [5.74, 6) is 0.950. The Morgan fingerprint density at radius 1 is 1.00 bits per heavy atom. The molecule has 0 spiro atoms. The van der Waals surface area contributed by atoms with Gasteiger partial charge in [-0.1, -0.05) is 20.8 Å². The molecule has 1 atom stereocenters. The molecule has 2 nitrogen and oxygen atoms in total. The number of hydrogen-bond acceptors (Lipinski definition) is 3. The first kappa shape index (κ1) is 15.3. The summed E-state index contributed by atoms with van der Waals surface area (Å²) in [6.07, 6.45) is 4.10. The van der Waals surface area contributed by atoms with Crippen LogP contribution in [0.4, 0.5) is 0 Å². The molecule has 0 aliphatic carbocycles. The highest BCUT2D eigenvalue weighted by molar-refractivity contribution is 7.81. The minimum absolute atomic E-state index is 0.640. The molecule has 2 heterocycles. The average Bonchev–Trinajstić information content (AvgIpc) is 2.78. The average molecular weight is 258 g/mol. The van der Waals surface area contributed by atoms with Gasteiger partial charge in [-0.2, -0.15) is 12.6 Å². The molecular weight excluding hydrogens is 228 g/mol. The smallest absolute Gasteiger partial charge is 0.0156 e. The van der Waals surface area contributed by atoms with Crippen LogP contribution in [-0.4, -0.2) is 54.3 Å². The standard InChI is InChI=1S/C12H24N2S.C2H6/c1-2-13-6-3-11(4-7-13)9-14-8-5-12(15)10-14;1-2/h11-12,15H,2-10H2,1H3;1-2H3. The molecule has 2 saturated heterocycles. The number of piperidine rings is 1. The van der Waals surface area contributed by atoms with Crippen LogP contribution in [0.25, 0.3) is 0 Å². The predicted molar refractivity (Wildman–Crippen MR) is 80.0 cm³/mol. The molecule has 0 aromatic carbocycles. The highest BCUT2D eigenvalue weighted by Crippen LogP contribution is 2.21. The Hall–Kier alpha value is 0.270. The van der Waals surface area contributed by atoms with E-state index in [1.165, 1.54) is 58.5 Å². The van der Waals surface area contributed by atoms with Crippen molar-refractivity contribution in [3.8, 4) is 0 Å². The first-order chi connectivity index (χ1) is 8.28. The van der Waals surface area contributed by atoms with Crippen molar-refractivity contribution in [1.29, 1.82) is 0 Å². The van der Waals surface area contributed by atoms with Crippen LogP contribution >= 0.6 is 12.6 Å². The number of rotatable bonds is 3. The zero-order chi connectivity index (χ0) is 12.7. The van der Waals surface area contributed by atoms with Crippen LogP contribution in [-0.2, 0) is 0 Å². The summed E-state index contributed by atoms with van der Waals surface area (Å²) >= 11 is 4.55. The summed E-state index contributed by atoms with van der Waals surface area (Å²) in [6.45, 7) is 14.0. The number of likely N-dealkylation sites (tertiary alicyclic amines) is 2. The summed E-state index contributed by atoms with van der Waals surface area (Å²) in [4.78, 5) is 5.19. The SMILES string of the molecule is CC.CCN1CCC(CN2CCC(S)C2)CC1. The van der Waals surface area contributed by atoms with Gasteiger partial charge in [-0.25, -0.2) is 0 Å². The fourth-order valence-electron chi connectivity index (χ4n) is 2.83. The number of nitrogens with zero attached hydrogens (tertiary/aromatic N) is 2. The van der Waals surface area contributed by atoms with E-state index in [0.29, 0.717) is 5.25 Å². The van der Waals surface area contributed by atoms with Crippen molar-refractivity contribution >= 4 is 12.6 Å². The van der Waals surface area contributed by atoms with Crippen molar-refractivity contribution in [1.82, 2.24) is 9.80 Å². The van der Waals surface area contributed by atoms with Crippen LogP contribution in [0.3, 0.4) is 0 Å². The minimum Gasteiger partial charge on any atom is -0.304 e. The number of thiol groups is 1. The van der Waals surface area contributed by atoms with Crippen LogP contribution in [0.15, 0.2) is 0 Å². The maximum atomic E-state index is 4.55. The van der Waals surface area contributed by atoms with Gasteiger partial charge in [0.25, 0.3) is 0 Å². The lowest BCUT2D eigenvalue weighted by Gasteiger charge is -2.33. The van der Waals surface area contributed by atoms with E-state index in [0.717, 1.165) is 5.92 Å². The molecule has 0 saturated carbocycles. The largest absolute Gasteiger partial charge is 0.304 e. The molecule has 2 fully saturated rings. The molecule has 0 N–H and O–H groups in total. The Bertz CT molecular complexity index is 191. The highest BCUT2D eigenvalue weighted by atomic mass is 32.1. The van der Waals surface area contributed by atoms with Gasteiger partial charge in [-0.05, 0) is 51.4 Å². The zero-order valence-corrected chi connectivity index (χ0v) is 12.8. The van der Waals surface area contributed by atoms with Gasteiger partial charge in [0.1, 0.15) is 0 Å². The van der Waals surface area contributed by atoms with Crippen molar-refractivity contribution in [2.45, 2.75) is 45.3 Å². The fourth-order valence-corrected chi connectivity index (χ4v) is 3.17. The molecule has 2 aliphatic rings. The van der Waals surface area contributed by atoms with Crippen LogP contribution in [0.5, 0.6) is 0 Å². The second-order valence-electron chi connectivity index (χ2n) is 5.08. The van der Waals surface area contributed by atoms with E-state index >= 15 is 0 Å². The minimum atomic E-state index is 0.640. The summed E-state index contributed by atoms with van der Waals surface area (Å²) in [5, 5.41) is 0.640. The van der Waals surface area contributed by atoms with Crippen LogP contribution < -0.4 is 0 Å².